The molecule has 18 heteroatoms. The fourth-order valence-corrected chi connectivity index (χ4v) is 7.66. The van der Waals surface area contributed by atoms with E-state index >= 15 is 0 Å². The number of azo groups is 3. The number of phenols is 1. The largest absolute Gasteiger partial charge is 0.505 e. The molecule has 1 atom stereocenters. The second-order valence-corrected chi connectivity index (χ2v) is 17.6. The maximum Gasteiger partial charge on any atom is 0.280 e. The van der Waals surface area contributed by atoms with Crippen LogP contribution in [0.25, 0.3) is 21.5 Å². The molecular weight excluding hydrogens is 797 g/mol. The van der Waals surface area contributed by atoms with Crippen LogP contribution in [0.1, 0.15) is 12.5 Å². The third-order valence-electron chi connectivity index (χ3n) is 9.26. The SMILES string of the molecule is COc1cc(/N=N/c2ccc3ccccc3c2)c(C)cc1/N=N/c1c(S(C)(=O)=O)cc2cc(/N=N/C3C(=O)N(c4ccc(S(C)(=O)=O)cc4)N=C3C(C)=O)ccc2c1O. The van der Waals surface area contributed by atoms with E-state index in [4.69, 9.17) is 4.74 Å². The molecule has 0 fully saturated rings. The molecule has 1 amide bonds. The molecule has 298 valence electrons. The molecule has 0 bridgehead atoms. The quantitative estimate of drug-likeness (QED) is 0.124. The van der Waals surface area contributed by atoms with Crippen LogP contribution in [0.4, 0.5) is 34.1 Å². The number of amides is 1. The second kappa shape index (κ2) is 15.7. The molecule has 1 unspecified atom stereocenters. The predicted octanol–water partition coefficient (Wildman–Crippen LogP) is 9.10. The van der Waals surface area contributed by atoms with E-state index in [1.165, 1.54) is 62.6 Å². The Hall–Kier alpha value is -7.05. The first kappa shape index (κ1) is 40.2. The number of benzene rings is 6. The van der Waals surface area contributed by atoms with Crippen LogP contribution in [0.2, 0.25) is 0 Å². The normalized spacial score (nSPS) is 15.0. The summed E-state index contributed by atoms with van der Waals surface area (Å²) in [5.41, 5.74) is 1.96. The molecule has 7 rings (SSSR count). The van der Waals surface area contributed by atoms with Gasteiger partial charge in [0.05, 0.1) is 39.7 Å². The van der Waals surface area contributed by atoms with Gasteiger partial charge in [0.25, 0.3) is 5.91 Å². The minimum Gasteiger partial charge on any atom is -0.505 e. The third-order valence-corrected chi connectivity index (χ3v) is 11.5. The highest BCUT2D eigenvalue weighted by molar-refractivity contribution is 7.91. The molecule has 0 aromatic heterocycles. The summed E-state index contributed by atoms with van der Waals surface area (Å²) in [6.45, 7) is 3.02. The van der Waals surface area contributed by atoms with Gasteiger partial charge in [0.2, 0.25) is 0 Å². The van der Waals surface area contributed by atoms with E-state index < -0.39 is 43.2 Å². The van der Waals surface area contributed by atoms with Gasteiger partial charge in [0.1, 0.15) is 22.8 Å². The number of aromatic hydroxyl groups is 1. The van der Waals surface area contributed by atoms with E-state index in [0.717, 1.165) is 28.3 Å². The Labute approximate surface area is 338 Å². The van der Waals surface area contributed by atoms with Crippen LogP contribution in [0.15, 0.2) is 149 Å². The molecule has 1 aliphatic rings. The Balaban J connectivity index is 1.17. The van der Waals surface area contributed by atoms with E-state index in [1.54, 1.807) is 19.1 Å². The lowest BCUT2D eigenvalue weighted by atomic mass is 10.1. The summed E-state index contributed by atoms with van der Waals surface area (Å²) in [6, 6.07) is 26.6. The van der Waals surface area contributed by atoms with Crippen LogP contribution in [-0.2, 0) is 29.3 Å². The predicted molar refractivity (Wildman–Crippen MR) is 222 cm³/mol. The van der Waals surface area contributed by atoms with Crippen LogP contribution in [-0.4, -0.2) is 65.0 Å². The van der Waals surface area contributed by atoms with Gasteiger partial charge >= 0.3 is 0 Å². The van der Waals surface area contributed by atoms with E-state index in [1.807, 2.05) is 42.5 Å². The summed E-state index contributed by atoms with van der Waals surface area (Å²) in [7, 11) is -6.05. The van der Waals surface area contributed by atoms with Crippen molar-refractivity contribution < 1.29 is 36.3 Å². The minimum absolute atomic E-state index is 0.0366. The summed E-state index contributed by atoms with van der Waals surface area (Å²) in [6.07, 6.45) is 2.01. The van der Waals surface area contributed by atoms with Crippen molar-refractivity contribution in [3.8, 4) is 11.5 Å². The van der Waals surface area contributed by atoms with Gasteiger partial charge in [-0.2, -0.15) is 30.6 Å². The van der Waals surface area contributed by atoms with Gasteiger partial charge in [0.15, 0.2) is 37.2 Å². The molecule has 0 spiro atoms. The fourth-order valence-electron chi connectivity index (χ4n) is 6.20. The van der Waals surface area contributed by atoms with E-state index in [9.17, 15) is 31.5 Å². The monoisotopic (exact) mass is 830 g/mol. The summed E-state index contributed by atoms with van der Waals surface area (Å²) < 4.78 is 55.4. The number of hydrogen-bond donors (Lipinski definition) is 1. The number of ether oxygens (including phenoxy) is 1. The maximum absolute atomic E-state index is 13.4. The number of rotatable bonds is 11. The number of carbonyl (C=O) groups is 2. The number of aryl methyl sites for hydroxylation is 1. The number of hydrazone groups is 1. The third kappa shape index (κ3) is 8.35. The molecule has 1 N–H and O–H groups in total. The Morgan fingerprint density at radius 2 is 1.41 bits per heavy atom. The standard InChI is InChI=1S/C41H34N8O8S2/c1-23-18-34(35(57-3)22-33(23)44-42-28-11-10-25-8-6-7-9-26(25)19-28)45-46-38-36(59(5,55)56)21-27-20-29(12-17-32(27)40(38)51)43-47-39-37(24(2)50)48-49(41(39)52)30-13-15-31(16-14-30)58(4,53)54/h6-22,39,51H,1-5H3/b44-42+,46-45+,47-43+. The average molecular weight is 831 g/mol. The van der Waals surface area contributed by atoms with Gasteiger partial charge in [-0.25, -0.2) is 16.8 Å². The Kier molecular flexibility index (Phi) is 10.7. The molecule has 1 heterocycles. The van der Waals surface area contributed by atoms with Crippen molar-refractivity contribution in [1.29, 1.82) is 0 Å². The maximum atomic E-state index is 13.4. The summed E-state index contributed by atoms with van der Waals surface area (Å²) in [4.78, 5) is 25.6. The lowest BCUT2D eigenvalue weighted by Crippen LogP contribution is -2.32. The molecule has 0 saturated heterocycles. The molecule has 0 saturated carbocycles. The first-order valence-corrected chi connectivity index (χ1v) is 21.4. The van der Waals surface area contributed by atoms with Crippen molar-refractivity contribution in [3.63, 3.8) is 0 Å². The summed E-state index contributed by atoms with van der Waals surface area (Å²) in [5, 5.41) is 44.6. The molecule has 6 aromatic rings. The number of anilines is 1. The zero-order valence-corrected chi connectivity index (χ0v) is 33.7. The lowest BCUT2D eigenvalue weighted by Gasteiger charge is -2.12. The number of carbonyl (C=O) groups excluding carboxylic acids is 2. The average Bonchev–Trinajstić information content (AvgIpc) is 3.54. The van der Waals surface area contributed by atoms with Crippen LogP contribution in [0, 0.1) is 6.92 Å². The fraction of sp³-hybridized carbons (Fsp3) is 0.146. The Bertz CT molecular complexity index is 3070. The molecule has 0 aliphatic carbocycles. The number of nitrogens with zero attached hydrogens (tertiary/aromatic N) is 8. The number of methoxy groups -OCH3 is 1. The van der Waals surface area contributed by atoms with Crippen molar-refractivity contribution >= 4 is 92.7 Å². The van der Waals surface area contributed by atoms with Crippen molar-refractivity contribution in [2.24, 2.45) is 35.8 Å². The molecular formula is C41H34N8O8S2. The molecule has 1 aliphatic heterocycles. The lowest BCUT2D eigenvalue weighted by molar-refractivity contribution is -0.118. The summed E-state index contributed by atoms with van der Waals surface area (Å²) >= 11 is 0. The van der Waals surface area contributed by atoms with Crippen molar-refractivity contribution in [1.82, 2.24) is 0 Å². The molecule has 6 aromatic carbocycles. The van der Waals surface area contributed by atoms with Gasteiger partial charge in [-0.05, 0) is 95.4 Å². The highest BCUT2D eigenvalue weighted by Gasteiger charge is 2.39. The van der Waals surface area contributed by atoms with Gasteiger partial charge in [-0.1, -0.05) is 30.3 Å². The first-order valence-electron chi connectivity index (χ1n) is 17.7. The Morgan fingerprint density at radius 3 is 2.08 bits per heavy atom. The van der Waals surface area contributed by atoms with Crippen molar-refractivity contribution in [2.75, 3.05) is 24.6 Å². The van der Waals surface area contributed by atoms with Gasteiger partial charge in [-0.3, -0.25) is 9.59 Å². The zero-order chi connectivity index (χ0) is 42.2. The number of Topliss-reactive ketones (excluding diaryl/α,β-unsaturated/α-hetero) is 1. The molecule has 16 nitrogen and oxygen atoms in total. The minimum atomic E-state index is -4.00. The number of fused-ring (bicyclic) bond motifs is 2. The van der Waals surface area contributed by atoms with Crippen LogP contribution >= 0.6 is 0 Å². The number of sulfone groups is 2. The highest BCUT2D eigenvalue weighted by atomic mass is 32.2. The first-order chi connectivity index (χ1) is 28.0. The van der Waals surface area contributed by atoms with E-state index in [2.05, 4.69) is 35.8 Å². The van der Waals surface area contributed by atoms with Gasteiger partial charge in [0, 0.05) is 30.9 Å². The Morgan fingerprint density at radius 1 is 0.746 bits per heavy atom. The molecule has 59 heavy (non-hydrogen) atoms. The highest BCUT2D eigenvalue weighted by Crippen LogP contribution is 2.44. The van der Waals surface area contributed by atoms with Gasteiger partial charge < -0.3 is 9.84 Å². The van der Waals surface area contributed by atoms with E-state index in [-0.39, 0.29) is 54.8 Å². The van der Waals surface area contributed by atoms with Crippen molar-refractivity contribution in [2.45, 2.75) is 29.7 Å². The van der Waals surface area contributed by atoms with Gasteiger partial charge in [-0.15, -0.1) is 10.2 Å². The number of phenolic OH excluding ortho intramolecular Hbond substituents is 1. The second-order valence-electron chi connectivity index (χ2n) is 13.6. The van der Waals surface area contributed by atoms with Crippen LogP contribution < -0.4 is 9.75 Å². The number of hydrogen-bond acceptors (Lipinski definition) is 15. The summed E-state index contributed by atoms with van der Waals surface area (Å²) in [5.74, 6) is -1.44. The van der Waals surface area contributed by atoms with Crippen LogP contribution in [0.3, 0.4) is 0 Å². The number of ketones is 1. The molecule has 0 radical (unpaired) electrons. The zero-order valence-electron chi connectivity index (χ0n) is 32.1. The smallest absolute Gasteiger partial charge is 0.280 e. The van der Waals surface area contributed by atoms with Crippen LogP contribution in [0.5, 0.6) is 11.5 Å². The van der Waals surface area contributed by atoms with Crippen molar-refractivity contribution in [3.05, 3.63) is 109 Å². The van der Waals surface area contributed by atoms with E-state index in [0.29, 0.717) is 16.9 Å². The topological polar surface area (TPSA) is 222 Å².